The quantitative estimate of drug-likeness (QED) is 0.623. The number of hydrogen-bond acceptors (Lipinski definition) is 4. The molecular formula is C16H15N3O2. The van der Waals surface area contributed by atoms with Crippen LogP contribution in [0.15, 0.2) is 48.8 Å². The molecule has 1 heterocycles. The van der Waals surface area contributed by atoms with Crippen LogP contribution in [0.5, 0.6) is 0 Å². The number of rotatable bonds is 5. The average Bonchev–Trinajstić information content (AvgIpc) is 2.93. The third kappa shape index (κ3) is 4.62. The molecule has 0 radical (unpaired) electrons. The van der Waals surface area contributed by atoms with E-state index in [0.717, 1.165) is 11.1 Å². The molecule has 5 nitrogen and oxygen atoms in total. The molecule has 0 saturated carbocycles. The Morgan fingerprint density at radius 2 is 2.24 bits per heavy atom. The molecule has 0 amide bonds. The number of carbonyl (C=O) groups is 1. The normalized spacial score (nSPS) is 12.0. The predicted molar refractivity (Wildman–Crippen MR) is 78.0 cm³/mol. The predicted octanol–water partition coefficient (Wildman–Crippen LogP) is 2.40. The topological polar surface area (TPSA) is 67.9 Å². The van der Waals surface area contributed by atoms with E-state index in [1.807, 2.05) is 42.6 Å². The van der Waals surface area contributed by atoms with E-state index < -0.39 is 12.1 Å². The highest BCUT2D eigenvalue weighted by Gasteiger charge is 2.04. The van der Waals surface area contributed by atoms with Crippen LogP contribution in [0, 0.1) is 11.3 Å². The highest BCUT2D eigenvalue weighted by atomic mass is 16.5. The zero-order valence-electron chi connectivity index (χ0n) is 11.6. The van der Waals surface area contributed by atoms with Gasteiger partial charge in [-0.15, -0.1) is 0 Å². The van der Waals surface area contributed by atoms with E-state index in [1.54, 1.807) is 17.0 Å². The van der Waals surface area contributed by atoms with Gasteiger partial charge in [0.1, 0.15) is 6.07 Å². The Morgan fingerprint density at radius 3 is 2.95 bits per heavy atom. The van der Waals surface area contributed by atoms with Crippen molar-refractivity contribution in [2.45, 2.75) is 19.6 Å². The van der Waals surface area contributed by atoms with Crippen molar-refractivity contribution >= 4 is 12.0 Å². The Balaban J connectivity index is 1.94. The molecule has 0 aliphatic carbocycles. The van der Waals surface area contributed by atoms with Gasteiger partial charge in [-0.2, -0.15) is 10.4 Å². The number of nitrogens with zero attached hydrogens (tertiary/aromatic N) is 3. The van der Waals surface area contributed by atoms with Gasteiger partial charge >= 0.3 is 5.97 Å². The maximum atomic E-state index is 11.4. The van der Waals surface area contributed by atoms with E-state index in [0.29, 0.717) is 6.54 Å². The minimum Gasteiger partial charge on any atom is -0.444 e. The average molecular weight is 281 g/mol. The second-order valence-corrected chi connectivity index (χ2v) is 4.50. The number of carbonyl (C=O) groups excluding carboxylic acids is 1. The fourth-order valence-electron chi connectivity index (χ4n) is 1.73. The lowest BCUT2D eigenvalue weighted by Crippen LogP contribution is -2.10. The summed E-state index contributed by atoms with van der Waals surface area (Å²) < 4.78 is 6.60. The van der Waals surface area contributed by atoms with Crippen LogP contribution in [0.3, 0.4) is 0 Å². The third-order valence-electron chi connectivity index (χ3n) is 2.73. The summed E-state index contributed by atoms with van der Waals surface area (Å²) in [5.41, 5.74) is 1.95. The summed E-state index contributed by atoms with van der Waals surface area (Å²) in [6, 6.07) is 11.8. The van der Waals surface area contributed by atoms with Crippen molar-refractivity contribution in [3.8, 4) is 6.07 Å². The number of esters is 1. The molecule has 2 aromatic rings. The molecule has 0 aliphatic heterocycles. The summed E-state index contributed by atoms with van der Waals surface area (Å²) in [6.07, 6.45) is 5.66. The Bertz CT molecular complexity index is 668. The second kappa shape index (κ2) is 7.06. The van der Waals surface area contributed by atoms with Crippen molar-refractivity contribution in [3.05, 3.63) is 59.9 Å². The number of hydrogen-bond donors (Lipinski definition) is 0. The molecule has 106 valence electrons. The van der Waals surface area contributed by atoms with E-state index >= 15 is 0 Å². The fourth-order valence-corrected chi connectivity index (χ4v) is 1.73. The Kier molecular flexibility index (Phi) is 4.89. The smallest absolute Gasteiger partial charge is 0.332 e. The first kappa shape index (κ1) is 14.5. The van der Waals surface area contributed by atoms with Crippen LogP contribution in [-0.2, 0) is 16.1 Å². The molecule has 0 unspecified atom stereocenters. The number of nitriles is 1. The first-order chi connectivity index (χ1) is 10.2. The Morgan fingerprint density at radius 1 is 1.48 bits per heavy atom. The van der Waals surface area contributed by atoms with Crippen LogP contribution in [0.4, 0.5) is 0 Å². The Labute approximate surface area is 123 Å². The van der Waals surface area contributed by atoms with Crippen LogP contribution >= 0.6 is 0 Å². The molecule has 1 atom stereocenters. The van der Waals surface area contributed by atoms with Crippen molar-refractivity contribution in [3.63, 3.8) is 0 Å². The monoisotopic (exact) mass is 281 g/mol. The van der Waals surface area contributed by atoms with E-state index in [1.165, 1.54) is 13.0 Å². The third-order valence-corrected chi connectivity index (χ3v) is 2.73. The lowest BCUT2D eigenvalue weighted by atomic mass is 10.2. The van der Waals surface area contributed by atoms with Gasteiger partial charge in [-0.05, 0) is 18.6 Å². The molecule has 21 heavy (non-hydrogen) atoms. The molecule has 2 rings (SSSR count). The molecule has 0 fully saturated rings. The lowest BCUT2D eigenvalue weighted by molar-refractivity contribution is -0.139. The standard InChI is InChI=1S/C16H15N3O2/c1-13(9-17)21-16(20)8-7-15-10-18-19(12-15)11-14-5-3-2-4-6-14/h2-8,10,12-13H,11H2,1H3/b8-7+/t13-/m0/s1. The summed E-state index contributed by atoms with van der Waals surface area (Å²) >= 11 is 0. The molecule has 1 aromatic heterocycles. The highest BCUT2D eigenvalue weighted by molar-refractivity contribution is 5.87. The molecule has 0 spiro atoms. The molecule has 0 N–H and O–H groups in total. The molecular weight excluding hydrogens is 266 g/mol. The largest absolute Gasteiger partial charge is 0.444 e. The van der Waals surface area contributed by atoms with Gasteiger partial charge in [0.25, 0.3) is 0 Å². The minimum absolute atomic E-state index is 0.542. The first-order valence-corrected chi connectivity index (χ1v) is 6.52. The van der Waals surface area contributed by atoms with Gasteiger partial charge in [-0.25, -0.2) is 4.79 Å². The van der Waals surface area contributed by atoms with Crippen molar-refractivity contribution in [2.24, 2.45) is 0 Å². The van der Waals surface area contributed by atoms with E-state index in [-0.39, 0.29) is 0 Å². The second-order valence-electron chi connectivity index (χ2n) is 4.50. The summed E-state index contributed by atoms with van der Waals surface area (Å²) in [5.74, 6) is -0.542. The fraction of sp³-hybridized carbons (Fsp3) is 0.188. The summed E-state index contributed by atoms with van der Waals surface area (Å²) in [6.45, 7) is 2.19. The zero-order valence-corrected chi connectivity index (χ0v) is 11.6. The van der Waals surface area contributed by atoms with Gasteiger partial charge in [0, 0.05) is 17.8 Å². The van der Waals surface area contributed by atoms with E-state index in [9.17, 15) is 4.79 Å². The van der Waals surface area contributed by atoms with Crippen molar-refractivity contribution in [1.29, 1.82) is 5.26 Å². The lowest BCUT2D eigenvalue weighted by Gasteiger charge is -2.01. The molecule has 0 aliphatic rings. The molecule has 5 heteroatoms. The Hall–Kier alpha value is -2.87. The SMILES string of the molecule is C[C@@H](C#N)OC(=O)/C=C/c1cnn(Cc2ccccc2)c1. The van der Waals surface area contributed by atoms with Crippen LogP contribution in [0.2, 0.25) is 0 Å². The van der Waals surface area contributed by atoms with E-state index in [4.69, 9.17) is 10.00 Å². The summed E-state index contributed by atoms with van der Waals surface area (Å²) in [5, 5.41) is 12.8. The van der Waals surface area contributed by atoms with Crippen LogP contribution in [0.25, 0.3) is 6.08 Å². The zero-order chi connectivity index (χ0) is 15.1. The maximum Gasteiger partial charge on any atom is 0.332 e. The number of ether oxygens (including phenoxy) is 1. The van der Waals surface area contributed by atoms with Crippen LogP contribution in [0.1, 0.15) is 18.1 Å². The summed E-state index contributed by atoms with van der Waals surface area (Å²) in [7, 11) is 0. The van der Waals surface area contributed by atoms with Crippen molar-refractivity contribution < 1.29 is 9.53 Å². The first-order valence-electron chi connectivity index (χ1n) is 6.52. The van der Waals surface area contributed by atoms with Gasteiger partial charge < -0.3 is 4.74 Å². The maximum absolute atomic E-state index is 11.4. The van der Waals surface area contributed by atoms with Crippen LogP contribution < -0.4 is 0 Å². The van der Waals surface area contributed by atoms with Crippen molar-refractivity contribution in [2.75, 3.05) is 0 Å². The van der Waals surface area contributed by atoms with Gasteiger partial charge in [0.15, 0.2) is 6.10 Å². The summed E-state index contributed by atoms with van der Waals surface area (Å²) in [4.78, 5) is 11.4. The highest BCUT2D eigenvalue weighted by Crippen LogP contribution is 2.05. The number of benzene rings is 1. The van der Waals surface area contributed by atoms with E-state index in [2.05, 4.69) is 5.10 Å². The van der Waals surface area contributed by atoms with Gasteiger partial charge in [-0.1, -0.05) is 30.3 Å². The van der Waals surface area contributed by atoms with Crippen LogP contribution in [-0.4, -0.2) is 21.9 Å². The molecule has 0 saturated heterocycles. The minimum atomic E-state index is -0.747. The van der Waals surface area contributed by atoms with Crippen molar-refractivity contribution in [1.82, 2.24) is 9.78 Å². The number of aromatic nitrogens is 2. The van der Waals surface area contributed by atoms with Gasteiger partial charge in [0.2, 0.25) is 0 Å². The molecule has 0 bridgehead atoms. The molecule has 1 aromatic carbocycles. The van der Waals surface area contributed by atoms with Gasteiger partial charge in [-0.3, -0.25) is 4.68 Å². The van der Waals surface area contributed by atoms with Gasteiger partial charge in [0.05, 0.1) is 12.7 Å².